The number of hydrogen-bond donors (Lipinski definition) is 2. The zero-order chi connectivity index (χ0) is 11.8. The molecule has 0 radical (unpaired) electrons. The molecule has 0 amide bonds. The van der Waals surface area contributed by atoms with Crippen LogP contribution in [0, 0.1) is 0 Å². The summed E-state index contributed by atoms with van der Waals surface area (Å²) in [4.78, 5) is 0. The van der Waals surface area contributed by atoms with Crippen molar-refractivity contribution in [2.45, 2.75) is 25.1 Å². The molecule has 0 aliphatic carbocycles. The van der Waals surface area contributed by atoms with Crippen LogP contribution in [0.3, 0.4) is 0 Å². The first-order valence-electron chi connectivity index (χ1n) is 4.79. The maximum absolute atomic E-state index is 12.3. The first-order chi connectivity index (χ1) is 7.39. The van der Waals surface area contributed by atoms with Gasteiger partial charge in [0.15, 0.2) is 0 Å². The molecule has 1 unspecified atom stereocenters. The van der Waals surface area contributed by atoms with Crippen molar-refractivity contribution in [3.8, 4) is 0 Å². The molecule has 1 saturated heterocycles. The number of nitrogens with one attached hydrogen (secondary N) is 2. The summed E-state index contributed by atoms with van der Waals surface area (Å²) in [6.07, 6.45) is -3.56. The van der Waals surface area contributed by atoms with Gasteiger partial charge in [-0.1, -0.05) is 11.3 Å². The Morgan fingerprint density at radius 1 is 1.44 bits per heavy atom. The van der Waals surface area contributed by atoms with Crippen LogP contribution in [0.15, 0.2) is 0 Å². The van der Waals surface area contributed by atoms with Crippen molar-refractivity contribution in [3.63, 3.8) is 0 Å². The monoisotopic (exact) mass is 252 g/mol. The van der Waals surface area contributed by atoms with Gasteiger partial charge in [-0.3, -0.25) is 0 Å². The summed E-state index contributed by atoms with van der Waals surface area (Å²) in [5.41, 5.74) is -0.234. The normalized spacial score (nSPS) is 26.0. The summed E-state index contributed by atoms with van der Waals surface area (Å²) < 4.78 is 36.8. The molecule has 1 fully saturated rings. The Kier molecular flexibility index (Phi) is 2.79. The standard InChI is InChI=1S/C8H11F3N4S/c1-7(2-3-12-4-7)13-6-15-14-5(16-6)8(9,10)11/h12H,2-4H2,1H3,(H,13,15). The first kappa shape index (κ1) is 11.6. The van der Waals surface area contributed by atoms with Gasteiger partial charge in [0.25, 0.3) is 0 Å². The second-order valence-electron chi connectivity index (χ2n) is 4.02. The highest BCUT2D eigenvalue weighted by Crippen LogP contribution is 2.34. The lowest BCUT2D eigenvalue weighted by atomic mass is 10.0. The number of halogens is 3. The van der Waals surface area contributed by atoms with Crippen molar-refractivity contribution in [1.29, 1.82) is 0 Å². The number of anilines is 1. The van der Waals surface area contributed by atoms with E-state index >= 15 is 0 Å². The zero-order valence-corrected chi connectivity index (χ0v) is 9.37. The van der Waals surface area contributed by atoms with E-state index in [4.69, 9.17) is 0 Å². The molecule has 2 N–H and O–H groups in total. The minimum atomic E-state index is -4.41. The van der Waals surface area contributed by atoms with Crippen LogP contribution in [0.25, 0.3) is 0 Å². The molecule has 1 aromatic heterocycles. The summed E-state index contributed by atoms with van der Waals surface area (Å²) in [5.74, 6) is 0. The second kappa shape index (κ2) is 3.85. The van der Waals surface area contributed by atoms with Gasteiger partial charge in [-0.2, -0.15) is 13.2 Å². The smallest absolute Gasteiger partial charge is 0.354 e. The van der Waals surface area contributed by atoms with E-state index in [-0.39, 0.29) is 10.7 Å². The molecule has 1 aliphatic heterocycles. The Morgan fingerprint density at radius 3 is 2.69 bits per heavy atom. The maximum Gasteiger partial charge on any atom is 0.445 e. The average molecular weight is 252 g/mol. The summed E-state index contributed by atoms with van der Waals surface area (Å²) in [5, 5.41) is 12.1. The molecule has 0 aromatic carbocycles. The van der Waals surface area contributed by atoms with Crippen molar-refractivity contribution >= 4 is 16.5 Å². The van der Waals surface area contributed by atoms with Crippen molar-refractivity contribution in [1.82, 2.24) is 15.5 Å². The van der Waals surface area contributed by atoms with Gasteiger partial charge >= 0.3 is 6.18 Å². The number of aromatic nitrogens is 2. The fraction of sp³-hybridized carbons (Fsp3) is 0.750. The lowest BCUT2D eigenvalue weighted by Crippen LogP contribution is -2.36. The summed E-state index contributed by atoms with van der Waals surface area (Å²) >= 11 is 0.539. The van der Waals surface area contributed by atoms with E-state index in [1.807, 2.05) is 6.92 Å². The third-order valence-electron chi connectivity index (χ3n) is 2.44. The van der Waals surface area contributed by atoms with Gasteiger partial charge in [0.05, 0.1) is 5.54 Å². The van der Waals surface area contributed by atoms with Gasteiger partial charge < -0.3 is 10.6 Å². The van der Waals surface area contributed by atoms with E-state index in [1.54, 1.807) is 0 Å². The summed E-state index contributed by atoms with van der Waals surface area (Å²) in [6.45, 7) is 3.52. The fourth-order valence-corrected chi connectivity index (χ4v) is 2.33. The average Bonchev–Trinajstić information content (AvgIpc) is 2.74. The maximum atomic E-state index is 12.3. The van der Waals surface area contributed by atoms with Crippen LogP contribution >= 0.6 is 11.3 Å². The molecule has 0 saturated carbocycles. The highest BCUT2D eigenvalue weighted by atomic mass is 32.1. The van der Waals surface area contributed by atoms with E-state index in [1.165, 1.54) is 0 Å². The molecule has 2 heterocycles. The number of hydrogen-bond acceptors (Lipinski definition) is 5. The van der Waals surface area contributed by atoms with Gasteiger partial charge in [0.1, 0.15) is 0 Å². The molecule has 16 heavy (non-hydrogen) atoms. The topological polar surface area (TPSA) is 49.8 Å². The van der Waals surface area contributed by atoms with Crippen LogP contribution in [0.4, 0.5) is 18.3 Å². The predicted octanol–water partition coefficient (Wildman–Crippen LogP) is 1.72. The van der Waals surface area contributed by atoms with Gasteiger partial charge in [0.2, 0.25) is 10.1 Å². The van der Waals surface area contributed by atoms with Crippen molar-refractivity contribution in [2.75, 3.05) is 18.4 Å². The van der Waals surface area contributed by atoms with Gasteiger partial charge in [0, 0.05) is 6.54 Å². The zero-order valence-electron chi connectivity index (χ0n) is 8.56. The van der Waals surface area contributed by atoms with E-state index in [0.717, 1.165) is 13.0 Å². The Labute approximate surface area is 94.3 Å². The molecule has 1 aliphatic rings. The number of rotatable bonds is 2. The van der Waals surface area contributed by atoms with Gasteiger partial charge in [-0.15, -0.1) is 10.2 Å². The molecule has 0 bridgehead atoms. The minimum absolute atomic E-state index is 0.221. The molecule has 0 spiro atoms. The van der Waals surface area contributed by atoms with Crippen LogP contribution in [0.1, 0.15) is 18.4 Å². The van der Waals surface area contributed by atoms with Crippen LogP contribution in [0.2, 0.25) is 0 Å². The van der Waals surface area contributed by atoms with Crippen LogP contribution in [-0.4, -0.2) is 28.8 Å². The largest absolute Gasteiger partial charge is 0.445 e. The predicted molar refractivity (Wildman–Crippen MR) is 54.4 cm³/mol. The van der Waals surface area contributed by atoms with Gasteiger partial charge in [-0.25, -0.2) is 0 Å². The quantitative estimate of drug-likeness (QED) is 0.841. The first-order valence-corrected chi connectivity index (χ1v) is 5.60. The minimum Gasteiger partial charge on any atom is -0.354 e. The lowest BCUT2D eigenvalue weighted by molar-refractivity contribution is -0.138. The number of nitrogens with zero attached hydrogens (tertiary/aromatic N) is 2. The lowest BCUT2D eigenvalue weighted by Gasteiger charge is -2.23. The van der Waals surface area contributed by atoms with Crippen molar-refractivity contribution < 1.29 is 13.2 Å². The van der Waals surface area contributed by atoms with Crippen LogP contribution in [-0.2, 0) is 6.18 Å². The third kappa shape index (κ3) is 2.43. The summed E-state index contributed by atoms with van der Waals surface area (Å²) in [6, 6.07) is 0. The Hall–Kier alpha value is -0.890. The van der Waals surface area contributed by atoms with Crippen LogP contribution < -0.4 is 10.6 Å². The highest BCUT2D eigenvalue weighted by molar-refractivity contribution is 7.15. The number of alkyl halides is 3. The van der Waals surface area contributed by atoms with Crippen molar-refractivity contribution in [2.24, 2.45) is 0 Å². The van der Waals surface area contributed by atoms with Crippen LogP contribution in [0.5, 0.6) is 0 Å². The Bertz CT molecular complexity index is 370. The Balaban J connectivity index is 2.08. The molecule has 4 nitrogen and oxygen atoms in total. The SMILES string of the molecule is CC1(Nc2nnc(C(F)(F)F)s2)CCNC1. The molecule has 1 atom stereocenters. The van der Waals surface area contributed by atoms with Crippen molar-refractivity contribution in [3.05, 3.63) is 5.01 Å². The molecule has 90 valence electrons. The molecular weight excluding hydrogens is 241 g/mol. The molecule has 1 aromatic rings. The molecular formula is C8H11F3N4S. The second-order valence-corrected chi connectivity index (χ2v) is 5.00. The molecule has 2 rings (SSSR count). The Morgan fingerprint density at radius 2 is 2.19 bits per heavy atom. The fourth-order valence-electron chi connectivity index (χ4n) is 1.57. The van der Waals surface area contributed by atoms with E-state index in [2.05, 4.69) is 20.8 Å². The van der Waals surface area contributed by atoms with E-state index in [9.17, 15) is 13.2 Å². The third-order valence-corrected chi connectivity index (χ3v) is 3.33. The van der Waals surface area contributed by atoms with E-state index in [0.29, 0.717) is 17.9 Å². The highest BCUT2D eigenvalue weighted by Gasteiger charge is 2.37. The van der Waals surface area contributed by atoms with Gasteiger partial charge in [-0.05, 0) is 19.9 Å². The summed E-state index contributed by atoms with van der Waals surface area (Å²) in [7, 11) is 0. The van der Waals surface area contributed by atoms with E-state index < -0.39 is 11.2 Å². The molecule has 8 heteroatoms.